The van der Waals surface area contributed by atoms with Gasteiger partial charge in [0.25, 0.3) is 0 Å². The summed E-state index contributed by atoms with van der Waals surface area (Å²) in [5.74, 6) is 3.66. The molecule has 3 fully saturated rings. The van der Waals surface area contributed by atoms with Crippen molar-refractivity contribution < 1.29 is 9.18 Å². The minimum atomic E-state index is -0.600. The maximum absolute atomic E-state index is 13.3. The average Bonchev–Trinajstić information content (AvgIpc) is 2.49. The zero-order valence-electron chi connectivity index (χ0n) is 13.5. The molecule has 0 aromatic rings. The van der Waals surface area contributed by atoms with E-state index >= 15 is 0 Å². The Kier molecular flexibility index (Phi) is 5.01. The topological polar surface area (TPSA) is 17.1 Å². The smallest absolute Gasteiger partial charge is 0.136 e. The molecule has 2 heteroatoms. The van der Waals surface area contributed by atoms with E-state index < -0.39 is 6.17 Å². The second-order valence-corrected chi connectivity index (χ2v) is 8.15. The van der Waals surface area contributed by atoms with Gasteiger partial charge in [0.1, 0.15) is 12.0 Å². The lowest BCUT2D eigenvalue weighted by molar-refractivity contribution is -0.129. The average molecular weight is 294 g/mol. The number of Topliss-reactive ketones (excluding diaryl/α,β-unsaturated/α-hetero) is 1. The maximum atomic E-state index is 13.3. The fourth-order valence-corrected chi connectivity index (χ4v) is 5.21. The summed E-state index contributed by atoms with van der Waals surface area (Å²) in [6.45, 7) is 2.36. The van der Waals surface area contributed by atoms with E-state index in [0.717, 1.165) is 37.5 Å². The van der Waals surface area contributed by atoms with Crippen LogP contribution in [0.25, 0.3) is 0 Å². The number of carbonyl (C=O) groups excluding carboxylic acids is 1. The van der Waals surface area contributed by atoms with Gasteiger partial charge in [0.2, 0.25) is 0 Å². The number of ketones is 1. The predicted octanol–water partition coefficient (Wildman–Crippen LogP) is 5.33. The molecule has 0 saturated heterocycles. The molecule has 3 aliphatic rings. The lowest BCUT2D eigenvalue weighted by Gasteiger charge is -2.39. The van der Waals surface area contributed by atoms with Crippen molar-refractivity contribution in [3.63, 3.8) is 0 Å². The van der Waals surface area contributed by atoms with Crippen molar-refractivity contribution in [1.29, 1.82) is 0 Å². The number of carbonyl (C=O) groups is 1. The largest absolute Gasteiger partial charge is 0.299 e. The van der Waals surface area contributed by atoms with Gasteiger partial charge in [-0.3, -0.25) is 4.79 Å². The third-order valence-electron chi connectivity index (χ3n) is 6.72. The Balaban J connectivity index is 1.51. The Morgan fingerprint density at radius 2 is 1.33 bits per heavy atom. The van der Waals surface area contributed by atoms with Gasteiger partial charge in [-0.25, -0.2) is 4.39 Å². The molecule has 1 nitrogen and oxygen atoms in total. The van der Waals surface area contributed by atoms with Crippen molar-refractivity contribution in [3.8, 4) is 0 Å². The van der Waals surface area contributed by atoms with Gasteiger partial charge in [-0.15, -0.1) is 0 Å². The summed E-state index contributed by atoms with van der Waals surface area (Å²) in [7, 11) is 0. The Morgan fingerprint density at radius 3 is 1.95 bits per heavy atom. The van der Waals surface area contributed by atoms with Crippen molar-refractivity contribution >= 4 is 5.78 Å². The highest BCUT2D eigenvalue weighted by molar-refractivity contribution is 5.82. The first-order chi connectivity index (χ1) is 10.1. The van der Waals surface area contributed by atoms with Crippen LogP contribution in [0.1, 0.15) is 77.6 Å². The molecular weight excluding hydrogens is 263 g/mol. The van der Waals surface area contributed by atoms with Gasteiger partial charge in [0.05, 0.1) is 0 Å². The fraction of sp³-hybridized carbons (Fsp3) is 0.947. The summed E-state index contributed by atoms with van der Waals surface area (Å²) in [6.07, 6.45) is 11.3. The minimum absolute atomic E-state index is 0.274. The molecule has 0 aliphatic heterocycles. The lowest BCUT2D eigenvalue weighted by Crippen LogP contribution is -2.35. The molecule has 21 heavy (non-hydrogen) atoms. The highest BCUT2D eigenvalue weighted by Crippen LogP contribution is 2.44. The van der Waals surface area contributed by atoms with Gasteiger partial charge in [-0.05, 0) is 75.0 Å². The molecule has 0 radical (unpaired) electrons. The predicted molar refractivity (Wildman–Crippen MR) is 83.8 cm³/mol. The van der Waals surface area contributed by atoms with E-state index in [4.69, 9.17) is 0 Å². The van der Waals surface area contributed by atoms with Crippen LogP contribution in [0, 0.1) is 29.6 Å². The molecule has 3 rings (SSSR count). The third-order valence-corrected chi connectivity index (χ3v) is 6.72. The van der Waals surface area contributed by atoms with Gasteiger partial charge in [-0.1, -0.05) is 19.8 Å². The van der Waals surface area contributed by atoms with Crippen molar-refractivity contribution in [1.82, 2.24) is 0 Å². The summed E-state index contributed by atoms with van der Waals surface area (Å²) in [6, 6.07) is 0. The van der Waals surface area contributed by atoms with Crippen LogP contribution < -0.4 is 0 Å². The van der Waals surface area contributed by atoms with Crippen LogP contribution in [0.3, 0.4) is 0 Å². The van der Waals surface area contributed by atoms with E-state index in [1.165, 1.54) is 32.1 Å². The van der Waals surface area contributed by atoms with E-state index in [9.17, 15) is 9.18 Å². The van der Waals surface area contributed by atoms with Crippen molar-refractivity contribution in [3.05, 3.63) is 0 Å². The molecule has 2 unspecified atom stereocenters. The van der Waals surface area contributed by atoms with E-state index in [1.54, 1.807) is 0 Å². The van der Waals surface area contributed by atoms with E-state index in [0.29, 0.717) is 30.5 Å². The second-order valence-electron chi connectivity index (χ2n) is 8.15. The first kappa shape index (κ1) is 15.5. The van der Waals surface area contributed by atoms with Gasteiger partial charge < -0.3 is 0 Å². The molecule has 2 atom stereocenters. The zero-order chi connectivity index (χ0) is 14.8. The molecule has 0 aromatic heterocycles. The highest BCUT2D eigenvalue weighted by atomic mass is 19.1. The van der Waals surface area contributed by atoms with E-state index in [1.807, 2.05) is 0 Å². The summed E-state index contributed by atoms with van der Waals surface area (Å²) in [4.78, 5) is 12.6. The van der Waals surface area contributed by atoms with Crippen molar-refractivity contribution in [2.24, 2.45) is 29.6 Å². The Bertz CT molecular complexity index is 351. The monoisotopic (exact) mass is 294 g/mol. The zero-order valence-corrected chi connectivity index (χ0v) is 13.5. The molecule has 0 N–H and O–H groups in total. The SMILES string of the molecule is CC1CCC(C2CCC(C3CCC(F)CC3)C(=O)C2)CC1. The first-order valence-corrected chi connectivity index (χ1v) is 9.30. The Labute approximate surface area is 129 Å². The normalized spacial score (nSPS) is 45.5. The molecule has 0 spiro atoms. The van der Waals surface area contributed by atoms with E-state index in [2.05, 4.69) is 6.92 Å². The number of halogens is 1. The van der Waals surface area contributed by atoms with Crippen molar-refractivity contribution in [2.75, 3.05) is 0 Å². The number of alkyl halides is 1. The van der Waals surface area contributed by atoms with Crippen LogP contribution in [0.5, 0.6) is 0 Å². The van der Waals surface area contributed by atoms with Gasteiger partial charge in [0, 0.05) is 12.3 Å². The number of hydrogen-bond donors (Lipinski definition) is 0. The summed E-state index contributed by atoms with van der Waals surface area (Å²) < 4.78 is 13.3. The van der Waals surface area contributed by atoms with Crippen LogP contribution in [0.15, 0.2) is 0 Å². The molecule has 0 amide bonds. The van der Waals surface area contributed by atoms with Gasteiger partial charge >= 0.3 is 0 Å². The van der Waals surface area contributed by atoms with Gasteiger partial charge in [-0.2, -0.15) is 0 Å². The van der Waals surface area contributed by atoms with Crippen LogP contribution >= 0.6 is 0 Å². The molecular formula is C19H31FO. The fourth-order valence-electron chi connectivity index (χ4n) is 5.21. The van der Waals surface area contributed by atoms with Crippen molar-refractivity contribution in [2.45, 2.75) is 83.7 Å². The van der Waals surface area contributed by atoms with Crippen LogP contribution in [-0.4, -0.2) is 12.0 Å². The quantitative estimate of drug-likeness (QED) is 0.673. The first-order valence-electron chi connectivity index (χ1n) is 9.30. The molecule has 3 aliphatic carbocycles. The summed E-state index contributed by atoms with van der Waals surface area (Å²) in [5.41, 5.74) is 0. The molecule has 0 heterocycles. The Morgan fingerprint density at radius 1 is 0.762 bits per heavy atom. The molecule has 0 bridgehead atoms. The van der Waals surface area contributed by atoms with E-state index in [-0.39, 0.29) is 5.92 Å². The van der Waals surface area contributed by atoms with Crippen LogP contribution in [0.2, 0.25) is 0 Å². The number of rotatable bonds is 2. The minimum Gasteiger partial charge on any atom is -0.299 e. The third kappa shape index (κ3) is 3.68. The maximum Gasteiger partial charge on any atom is 0.136 e. The standard InChI is InChI=1S/C19H31FO/c1-13-2-4-14(5-3-13)16-8-11-18(19(21)12-16)15-6-9-17(20)10-7-15/h13-18H,2-12H2,1H3. The highest BCUT2D eigenvalue weighted by Gasteiger charge is 2.38. The second kappa shape index (κ2) is 6.79. The molecule has 120 valence electrons. The van der Waals surface area contributed by atoms with Gasteiger partial charge in [0.15, 0.2) is 0 Å². The molecule has 0 aromatic carbocycles. The lowest BCUT2D eigenvalue weighted by atomic mass is 9.65. The molecule has 3 saturated carbocycles. The Hall–Kier alpha value is -0.400. The summed E-state index contributed by atoms with van der Waals surface area (Å²) >= 11 is 0. The number of hydrogen-bond acceptors (Lipinski definition) is 1. The summed E-state index contributed by atoms with van der Waals surface area (Å²) in [5, 5.41) is 0. The van der Waals surface area contributed by atoms with Crippen LogP contribution in [0.4, 0.5) is 4.39 Å². The van der Waals surface area contributed by atoms with Crippen LogP contribution in [-0.2, 0) is 4.79 Å².